The predicted octanol–water partition coefficient (Wildman–Crippen LogP) is -2.26. The van der Waals surface area contributed by atoms with Crippen molar-refractivity contribution in [1.82, 2.24) is 19.5 Å². The minimum absolute atomic E-state index is 0. The summed E-state index contributed by atoms with van der Waals surface area (Å²) >= 11 is 0. The largest absolute Gasteiger partial charge is 1.00 e. The van der Waals surface area contributed by atoms with E-state index < -0.39 is 26.9 Å². The van der Waals surface area contributed by atoms with Crippen molar-refractivity contribution in [2.24, 2.45) is 7.05 Å². The number of urea groups is 1. The number of carbonyl (C=O) groups is 2. The molecule has 0 saturated heterocycles. The summed E-state index contributed by atoms with van der Waals surface area (Å²) < 4.78 is 39.0. The number of rotatable bonds is 7. The zero-order valence-corrected chi connectivity index (χ0v) is 19.3. The maximum atomic E-state index is 12.4. The molecule has 15 heteroatoms. The number of hydrogen-bond donors (Lipinski definition) is 2. The van der Waals surface area contributed by atoms with E-state index in [0.29, 0.717) is 0 Å². The van der Waals surface area contributed by atoms with Crippen molar-refractivity contribution in [3.8, 4) is 6.01 Å². The number of sulfonamides is 1. The van der Waals surface area contributed by atoms with E-state index in [0.717, 1.165) is 13.2 Å². The Kier molecular flexibility index (Phi) is 8.81. The van der Waals surface area contributed by atoms with Crippen LogP contribution in [0.2, 0.25) is 0 Å². The van der Waals surface area contributed by atoms with Crippen molar-refractivity contribution in [2.45, 2.75) is 11.8 Å². The molecule has 0 aliphatic heterocycles. The van der Waals surface area contributed by atoms with Gasteiger partial charge in [-0.1, -0.05) is 0 Å². The van der Waals surface area contributed by atoms with Gasteiger partial charge in [0, 0.05) is 20.3 Å². The molecule has 0 bridgehead atoms. The number of hydrogen-bond acceptors (Lipinski definition) is 10. The summed E-state index contributed by atoms with van der Waals surface area (Å²) in [6.45, 7) is 1.98. The van der Waals surface area contributed by atoms with Crippen molar-refractivity contribution in [3.05, 3.63) is 22.7 Å². The average molecular weight is 435 g/mol. The minimum Gasteiger partial charge on any atom is -0.464 e. The van der Waals surface area contributed by atoms with Gasteiger partial charge in [0.2, 0.25) is 16.0 Å². The van der Waals surface area contributed by atoms with Gasteiger partial charge in [-0.05, 0) is 13.0 Å². The molecule has 0 aromatic carbocycles. The molecule has 2 rings (SSSR count). The number of carbonyl (C=O) groups excluding carboxylic acids is 2. The van der Waals surface area contributed by atoms with Crippen molar-refractivity contribution < 1.29 is 57.0 Å². The van der Waals surface area contributed by atoms with Gasteiger partial charge >= 0.3 is 41.5 Å². The number of methoxy groups -OCH3 is 1. The Labute approximate surface area is 188 Å². The molecule has 152 valence electrons. The SMILES string of the molecule is CCOc1nc(NC)nc(NC(=O)[N-]S(=O)(=O)c2ccn(C)c2C(=O)OC)n1.[Na+]. The quantitative estimate of drug-likeness (QED) is 0.357. The number of ether oxygens (including phenoxy) is 2. The second-order valence-corrected chi connectivity index (χ2v) is 6.65. The van der Waals surface area contributed by atoms with Gasteiger partial charge in [0.15, 0.2) is 12.0 Å². The first-order valence-electron chi connectivity index (χ1n) is 7.81. The number of aromatic nitrogens is 4. The Balaban J connectivity index is 0.00000420. The molecule has 2 heterocycles. The number of esters is 1. The average Bonchev–Trinajstić information content (AvgIpc) is 3.03. The Morgan fingerprint density at radius 1 is 1.24 bits per heavy atom. The Hall–Kier alpha value is -2.42. The fourth-order valence-electron chi connectivity index (χ4n) is 2.05. The maximum absolute atomic E-state index is 12.4. The van der Waals surface area contributed by atoms with Gasteiger partial charge in [-0.15, -0.1) is 0 Å². The van der Waals surface area contributed by atoms with E-state index in [9.17, 15) is 18.0 Å². The molecule has 29 heavy (non-hydrogen) atoms. The summed E-state index contributed by atoms with van der Waals surface area (Å²) in [5.74, 6) is -1.07. The second kappa shape index (κ2) is 10.4. The first kappa shape index (κ1) is 24.6. The van der Waals surface area contributed by atoms with Gasteiger partial charge in [0.05, 0.1) is 13.7 Å². The van der Waals surface area contributed by atoms with Crippen LogP contribution in [0, 0.1) is 0 Å². The molecular weight excluding hydrogens is 417 g/mol. The molecule has 0 aliphatic rings. The van der Waals surface area contributed by atoms with Crippen molar-refractivity contribution in [2.75, 3.05) is 31.4 Å². The standard InChI is InChI=1S/C14H19N7O6S.Na/c1-5-27-14-18-11(15-2)16-12(19-14)17-13(23)20-28(24,25)8-6-7-21(3)9(8)10(22)26-4;/h6-7H,5H2,1-4H3,(H3,15,16,17,18,19,20,23);/q;+1/p-1. The van der Waals surface area contributed by atoms with Crippen molar-refractivity contribution in [1.29, 1.82) is 0 Å². The van der Waals surface area contributed by atoms with Gasteiger partial charge in [0.1, 0.15) is 10.6 Å². The number of aryl methyl sites for hydroxylation is 1. The summed E-state index contributed by atoms with van der Waals surface area (Å²) in [4.78, 5) is 35.0. The van der Waals surface area contributed by atoms with Gasteiger partial charge in [-0.25, -0.2) is 13.2 Å². The smallest absolute Gasteiger partial charge is 0.464 e. The van der Waals surface area contributed by atoms with Gasteiger partial charge in [-0.3, -0.25) is 4.79 Å². The van der Waals surface area contributed by atoms with E-state index in [1.165, 1.54) is 24.9 Å². The van der Waals surface area contributed by atoms with E-state index in [2.05, 4.69) is 35.0 Å². The Bertz CT molecular complexity index is 994. The van der Waals surface area contributed by atoms with Crippen LogP contribution in [0.5, 0.6) is 6.01 Å². The molecule has 0 atom stereocenters. The van der Waals surface area contributed by atoms with Gasteiger partial charge < -0.3 is 29.4 Å². The number of anilines is 2. The molecule has 2 amide bonds. The third kappa shape index (κ3) is 6.03. The van der Waals surface area contributed by atoms with E-state index in [-0.39, 0.29) is 59.8 Å². The molecule has 2 aromatic heterocycles. The fourth-order valence-corrected chi connectivity index (χ4v) is 3.12. The summed E-state index contributed by atoms with van der Waals surface area (Å²) in [6.07, 6.45) is 1.33. The van der Waals surface area contributed by atoms with Crippen LogP contribution >= 0.6 is 0 Å². The van der Waals surface area contributed by atoms with E-state index in [4.69, 9.17) is 4.74 Å². The zero-order valence-electron chi connectivity index (χ0n) is 16.5. The van der Waals surface area contributed by atoms with Crippen LogP contribution < -0.4 is 44.9 Å². The third-order valence-electron chi connectivity index (χ3n) is 3.23. The van der Waals surface area contributed by atoms with Gasteiger partial charge in [0.25, 0.3) is 0 Å². The van der Waals surface area contributed by atoms with Crippen LogP contribution in [-0.2, 0) is 21.8 Å². The third-order valence-corrected chi connectivity index (χ3v) is 4.52. The summed E-state index contributed by atoms with van der Waals surface area (Å²) in [7, 11) is -0.418. The van der Waals surface area contributed by atoms with Gasteiger partial charge in [-0.2, -0.15) is 15.0 Å². The zero-order chi connectivity index (χ0) is 20.9. The van der Waals surface area contributed by atoms with Crippen molar-refractivity contribution in [3.63, 3.8) is 0 Å². The Morgan fingerprint density at radius 3 is 2.48 bits per heavy atom. The number of amides is 2. The molecule has 13 nitrogen and oxygen atoms in total. The molecule has 0 unspecified atom stereocenters. The fraction of sp³-hybridized carbons (Fsp3) is 0.357. The van der Waals surface area contributed by atoms with E-state index in [1.54, 1.807) is 6.92 Å². The molecule has 0 aliphatic carbocycles. The first-order valence-corrected chi connectivity index (χ1v) is 9.25. The minimum atomic E-state index is -4.51. The first-order chi connectivity index (χ1) is 13.2. The molecule has 0 spiro atoms. The molecular formula is C14H18N7NaO6S. The van der Waals surface area contributed by atoms with Crippen LogP contribution in [-0.4, -0.2) is 60.7 Å². The molecule has 2 aromatic rings. The maximum Gasteiger partial charge on any atom is 1.00 e. The molecule has 0 saturated carbocycles. The molecule has 0 radical (unpaired) electrons. The normalized spacial score (nSPS) is 10.5. The van der Waals surface area contributed by atoms with Crippen molar-refractivity contribution >= 4 is 33.9 Å². The predicted molar refractivity (Wildman–Crippen MR) is 96.9 cm³/mol. The topological polar surface area (TPSA) is 168 Å². The van der Waals surface area contributed by atoms with Crippen LogP contribution in [0.1, 0.15) is 17.4 Å². The number of nitrogens with one attached hydrogen (secondary N) is 2. The second-order valence-electron chi connectivity index (χ2n) is 5.08. The van der Waals surface area contributed by atoms with E-state index in [1.807, 2.05) is 0 Å². The van der Waals surface area contributed by atoms with Crippen LogP contribution in [0.4, 0.5) is 16.7 Å². The van der Waals surface area contributed by atoms with Crippen LogP contribution in [0.3, 0.4) is 0 Å². The van der Waals surface area contributed by atoms with E-state index >= 15 is 0 Å². The molecule has 2 N–H and O–H groups in total. The monoisotopic (exact) mass is 435 g/mol. The Morgan fingerprint density at radius 2 is 1.90 bits per heavy atom. The van der Waals surface area contributed by atoms with Crippen LogP contribution in [0.25, 0.3) is 4.72 Å². The summed E-state index contributed by atoms with van der Waals surface area (Å²) in [5, 5.41) is 4.77. The summed E-state index contributed by atoms with van der Waals surface area (Å²) in [6, 6.07) is -0.209. The molecule has 0 fully saturated rings. The summed E-state index contributed by atoms with van der Waals surface area (Å²) in [5.41, 5.74) is -0.268. The van der Waals surface area contributed by atoms with Crippen LogP contribution in [0.15, 0.2) is 17.2 Å². The number of nitrogens with zero attached hydrogens (tertiary/aromatic N) is 5.